The average Bonchev–Trinajstić information content (AvgIpc) is 2.92. The van der Waals surface area contributed by atoms with Crippen LogP contribution in [0.1, 0.15) is 19.8 Å². The molecule has 1 unspecified atom stereocenters. The van der Waals surface area contributed by atoms with Crippen LogP contribution in [0.3, 0.4) is 0 Å². The molecule has 1 atom stereocenters. The third kappa shape index (κ3) is 6.62. The van der Waals surface area contributed by atoms with E-state index in [4.69, 9.17) is 14.2 Å². The normalized spacial score (nSPS) is 15.4. The van der Waals surface area contributed by atoms with Crippen molar-refractivity contribution >= 4 is 11.7 Å². The van der Waals surface area contributed by atoms with Crippen LogP contribution in [0.25, 0.3) is 11.3 Å². The van der Waals surface area contributed by atoms with E-state index < -0.39 is 0 Å². The first-order valence-corrected chi connectivity index (χ1v) is 12.0. The molecule has 35 heavy (non-hydrogen) atoms. The minimum atomic E-state index is -0.0858. The van der Waals surface area contributed by atoms with E-state index in [2.05, 4.69) is 20.4 Å². The minimum Gasteiger partial charge on any atom is -0.497 e. The standard InChI is InChI=1S/C27H32N4O4/c1-3-34-23-10-12-24(13-11-23)35-18-16-28-27(32)21-5-4-17-31(19-21)26-15-14-25(29-30-26)20-6-8-22(33-2)9-7-20/h6-15,21H,3-5,16-19H2,1-2H3,(H,28,32). The average molecular weight is 477 g/mol. The molecule has 3 aromatic rings. The molecule has 0 aliphatic carbocycles. The van der Waals surface area contributed by atoms with Crippen LogP contribution in [-0.4, -0.2) is 56.1 Å². The Kier molecular flexibility index (Phi) is 8.38. The summed E-state index contributed by atoms with van der Waals surface area (Å²) in [5, 5.41) is 11.8. The fraction of sp³-hybridized carbons (Fsp3) is 0.370. The van der Waals surface area contributed by atoms with E-state index in [1.54, 1.807) is 7.11 Å². The summed E-state index contributed by atoms with van der Waals surface area (Å²) in [6, 6.07) is 19.2. The summed E-state index contributed by atoms with van der Waals surface area (Å²) in [4.78, 5) is 14.9. The highest BCUT2D eigenvalue weighted by Gasteiger charge is 2.26. The molecule has 0 bridgehead atoms. The number of rotatable bonds is 10. The first-order valence-electron chi connectivity index (χ1n) is 12.0. The van der Waals surface area contributed by atoms with Crippen LogP contribution in [0.5, 0.6) is 17.2 Å². The number of nitrogens with zero attached hydrogens (tertiary/aromatic N) is 3. The lowest BCUT2D eigenvalue weighted by molar-refractivity contribution is -0.125. The molecule has 8 nitrogen and oxygen atoms in total. The van der Waals surface area contributed by atoms with Crippen molar-refractivity contribution in [3.8, 4) is 28.5 Å². The molecule has 1 aliphatic rings. The van der Waals surface area contributed by atoms with Gasteiger partial charge in [-0.3, -0.25) is 4.79 Å². The molecular weight excluding hydrogens is 444 g/mol. The van der Waals surface area contributed by atoms with Gasteiger partial charge in [0.05, 0.1) is 31.9 Å². The SMILES string of the molecule is CCOc1ccc(OCCNC(=O)C2CCCN(c3ccc(-c4ccc(OC)cc4)nn3)C2)cc1. The van der Waals surface area contributed by atoms with Crippen LogP contribution in [-0.2, 0) is 4.79 Å². The first-order chi connectivity index (χ1) is 17.2. The van der Waals surface area contributed by atoms with E-state index in [0.29, 0.717) is 26.3 Å². The van der Waals surface area contributed by atoms with Crippen molar-refractivity contribution in [3.05, 3.63) is 60.7 Å². The van der Waals surface area contributed by atoms with Crippen molar-refractivity contribution in [1.29, 1.82) is 0 Å². The number of aromatic nitrogens is 2. The third-order valence-corrected chi connectivity index (χ3v) is 5.96. The van der Waals surface area contributed by atoms with Gasteiger partial charge in [-0.05, 0) is 80.4 Å². The van der Waals surface area contributed by atoms with Crippen LogP contribution < -0.4 is 24.4 Å². The van der Waals surface area contributed by atoms with Crippen LogP contribution >= 0.6 is 0 Å². The number of anilines is 1. The highest BCUT2D eigenvalue weighted by Crippen LogP contribution is 2.24. The topological polar surface area (TPSA) is 85.8 Å². The molecule has 1 fully saturated rings. The Balaban J connectivity index is 1.24. The Hall–Kier alpha value is -3.81. The molecule has 0 spiro atoms. The smallest absolute Gasteiger partial charge is 0.225 e. The van der Waals surface area contributed by atoms with Crippen molar-refractivity contribution < 1.29 is 19.0 Å². The lowest BCUT2D eigenvalue weighted by atomic mass is 9.97. The number of nitrogens with one attached hydrogen (secondary N) is 1. The molecule has 1 N–H and O–H groups in total. The van der Waals surface area contributed by atoms with Gasteiger partial charge in [-0.25, -0.2) is 0 Å². The van der Waals surface area contributed by atoms with Crippen molar-refractivity contribution in [2.75, 3.05) is 44.9 Å². The molecule has 8 heteroatoms. The quantitative estimate of drug-likeness (QED) is 0.443. The number of hydrogen-bond donors (Lipinski definition) is 1. The summed E-state index contributed by atoms with van der Waals surface area (Å²) in [5.74, 6) is 3.13. The zero-order valence-electron chi connectivity index (χ0n) is 20.3. The Morgan fingerprint density at radius 1 is 0.971 bits per heavy atom. The largest absolute Gasteiger partial charge is 0.497 e. The van der Waals surface area contributed by atoms with Crippen molar-refractivity contribution in [2.45, 2.75) is 19.8 Å². The fourth-order valence-corrected chi connectivity index (χ4v) is 4.10. The summed E-state index contributed by atoms with van der Waals surface area (Å²) >= 11 is 0. The number of amides is 1. The van der Waals surface area contributed by atoms with Crippen LogP contribution in [0, 0.1) is 5.92 Å². The number of hydrogen-bond acceptors (Lipinski definition) is 7. The molecule has 4 rings (SSSR count). The second-order valence-electron chi connectivity index (χ2n) is 8.33. The van der Waals surface area contributed by atoms with Gasteiger partial charge in [0, 0.05) is 18.7 Å². The van der Waals surface area contributed by atoms with Crippen molar-refractivity contribution in [3.63, 3.8) is 0 Å². The summed E-state index contributed by atoms with van der Waals surface area (Å²) in [5.41, 5.74) is 1.78. The highest BCUT2D eigenvalue weighted by atomic mass is 16.5. The van der Waals surface area contributed by atoms with Gasteiger partial charge < -0.3 is 24.4 Å². The summed E-state index contributed by atoms with van der Waals surface area (Å²) in [6.45, 7) is 4.94. The summed E-state index contributed by atoms with van der Waals surface area (Å²) in [7, 11) is 1.65. The minimum absolute atomic E-state index is 0.0489. The maximum Gasteiger partial charge on any atom is 0.225 e. The lowest BCUT2D eigenvalue weighted by Gasteiger charge is -2.32. The second-order valence-corrected chi connectivity index (χ2v) is 8.33. The van der Waals surface area contributed by atoms with Crippen LogP contribution in [0.15, 0.2) is 60.7 Å². The molecular formula is C27H32N4O4. The summed E-state index contributed by atoms with van der Waals surface area (Å²) < 4.78 is 16.4. The summed E-state index contributed by atoms with van der Waals surface area (Å²) in [6.07, 6.45) is 1.79. The molecule has 1 aromatic heterocycles. The Morgan fingerprint density at radius 3 is 2.34 bits per heavy atom. The van der Waals surface area contributed by atoms with Gasteiger partial charge in [0.15, 0.2) is 5.82 Å². The van der Waals surface area contributed by atoms with Gasteiger partial charge in [0.2, 0.25) is 5.91 Å². The fourth-order valence-electron chi connectivity index (χ4n) is 4.10. The maximum atomic E-state index is 12.7. The van der Waals surface area contributed by atoms with E-state index >= 15 is 0 Å². The number of ether oxygens (including phenoxy) is 3. The Morgan fingerprint density at radius 2 is 1.69 bits per heavy atom. The number of benzene rings is 2. The second kappa shape index (κ2) is 12.1. The van der Waals surface area contributed by atoms with E-state index in [0.717, 1.165) is 53.7 Å². The van der Waals surface area contributed by atoms with E-state index in [-0.39, 0.29) is 11.8 Å². The molecule has 1 amide bonds. The lowest BCUT2D eigenvalue weighted by Crippen LogP contribution is -2.44. The molecule has 2 aromatic carbocycles. The zero-order valence-corrected chi connectivity index (χ0v) is 20.3. The van der Waals surface area contributed by atoms with Crippen LogP contribution in [0.2, 0.25) is 0 Å². The third-order valence-electron chi connectivity index (χ3n) is 5.96. The predicted molar refractivity (Wildman–Crippen MR) is 135 cm³/mol. The molecule has 2 heterocycles. The van der Waals surface area contributed by atoms with E-state index in [1.165, 1.54) is 0 Å². The number of piperidine rings is 1. The molecule has 1 aliphatic heterocycles. The maximum absolute atomic E-state index is 12.7. The van der Waals surface area contributed by atoms with Gasteiger partial charge >= 0.3 is 0 Å². The Bertz CT molecular complexity index is 1070. The van der Waals surface area contributed by atoms with Gasteiger partial charge in [-0.1, -0.05) is 0 Å². The van der Waals surface area contributed by atoms with Crippen molar-refractivity contribution in [1.82, 2.24) is 15.5 Å². The monoisotopic (exact) mass is 476 g/mol. The number of methoxy groups -OCH3 is 1. The van der Waals surface area contributed by atoms with Gasteiger partial charge in [-0.2, -0.15) is 0 Å². The molecule has 184 valence electrons. The highest BCUT2D eigenvalue weighted by molar-refractivity contribution is 5.79. The molecule has 1 saturated heterocycles. The van der Waals surface area contributed by atoms with Crippen LogP contribution in [0.4, 0.5) is 5.82 Å². The number of carbonyl (C=O) groups excluding carboxylic acids is 1. The number of carbonyl (C=O) groups is 1. The Labute approximate surface area is 206 Å². The van der Waals surface area contributed by atoms with E-state index in [1.807, 2.05) is 67.6 Å². The first kappa shape index (κ1) is 24.3. The van der Waals surface area contributed by atoms with Gasteiger partial charge in [-0.15, -0.1) is 10.2 Å². The van der Waals surface area contributed by atoms with E-state index in [9.17, 15) is 4.79 Å². The van der Waals surface area contributed by atoms with Crippen molar-refractivity contribution in [2.24, 2.45) is 5.92 Å². The van der Waals surface area contributed by atoms with Gasteiger partial charge in [0.25, 0.3) is 0 Å². The molecule has 0 saturated carbocycles. The van der Waals surface area contributed by atoms with Gasteiger partial charge in [0.1, 0.15) is 23.9 Å². The predicted octanol–water partition coefficient (Wildman–Crippen LogP) is 3.96. The zero-order chi connectivity index (χ0) is 24.5. The molecule has 0 radical (unpaired) electrons.